The lowest BCUT2D eigenvalue weighted by Crippen LogP contribution is -2.35. The zero-order valence-corrected chi connectivity index (χ0v) is 11.8. The summed E-state index contributed by atoms with van der Waals surface area (Å²) in [5.41, 5.74) is 0.378. The molecule has 2 amide bonds. The van der Waals surface area contributed by atoms with E-state index in [1.54, 1.807) is 38.1 Å². The van der Waals surface area contributed by atoms with Crippen LogP contribution >= 0.6 is 0 Å². The SMILES string of the molecule is COc1ccccc1C(=O)CN1C(=O)C(C)C(C)C1=O. The van der Waals surface area contributed by atoms with Crippen molar-refractivity contribution in [3.8, 4) is 5.75 Å². The van der Waals surface area contributed by atoms with Gasteiger partial charge in [-0.3, -0.25) is 19.3 Å². The van der Waals surface area contributed by atoms with Gasteiger partial charge in [0.15, 0.2) is 5.78 Å². The molecule has 0 N–H and O–H groups in total. The van der Waals surface area contributed by atoms with Gasteiger partial charge in [0.2, 0.25) is 11.8 Å². The molecule has 1 aliphatic heterocycles. The molecule has 1 aromatic rings. The fraction of sp³-hybridized carbons (Fsp3) is 0.400. The minimum absolute atomic E-state index is 0.229. The molecule has 106 valence electrons. The van der Waals surface area contributed by atoms with Gasteiger partial charge in [-0.05, 0) is 12.1 Å². The van der Waals surface area contributed by atoms with Crippen molar-refractivity contribution < 1.29 is 19.1 Å². The van der Waals surface area contributed by atoms with Crippen LogP contribution in [0.15, 0.2) is 24.3 Å². The largest absolute Gasteiger partial charge is 0.496 e. The quantitative estimate of drug-likeness (QED) is 0.617. The number of carbonyl (C=O) groups excluding carboxylic acids is 3. The van der Waals surface area contributed by atoms with E-state index in [2.05, 4.69) is 0 Å². The fourth-order valence-electron chi connectivity index (χ4n) is 2.29. The van der Waals surface area contributed by atoms with E-state index in [4.69, 9.17) is 4.74 Å². The third-order valence-electron chi connectivity index (χ3n) is 3.77. The maximum Gasteiger partial charge on any atom is 0.233 e. The number of ether oxygens (including phenoxy) is 1. The molecule has 2 rings (SSSR count). The lowest BCUT2D eigenvalue weighted by molar-refractivity contribution is -0.139. The van der Waals surface area contributed by atoms with Gasteiger partial charge in [0.25, 0.3) is 0 Å². The average molecular weight is 275 g/mol. The number of hydrogen-bond acceptors (Lipinski definition) is 4. The number of rotatable bonds is 4. The Kier molecular flexibility index (Phi) is 3.88. The first kappa shape index (κ1) is 14.2. The first-order valence-electron chi connectivity index (χ1n) is 6.48. The Morgan fingerprint density at radius 2 is 1.70 bits per heavy atom. The molecule has 2 atom stereocenters. The summed E-state index contributed by atoms with van der Waals surface area (Å²) in [6.45, 7) is 3.18. The number of para-hydroxylation sites is 1. The molecule has 1 aromatic carbocycles. The summed E-state index contributed by atoms with van der Waals surface area (Å²) >= 11 is 0. The Morgan fingerprint density at radius 1 is 1.15 bits per heavy atom. The van der Waals surface area contributed by atoms with Crippen molar-refractivity contribution >= 4 is 17.6 Å². The summed E-state index contributed by atoms with van der Waals surface area (Å²) in [4.78, 5) is 37.2. The molecule has 1 heterocycles. The van der Waals surface area contributed by atoms with Crippen molar-refractivity contribution in [1.82, 2.24) is 4.90 Å². The lowest BCUT2D eigenvalue weighted by Gasteiger charge is -2.14. The number of nitrogens with zero attached hydrogens (tertiary/aromatic N) is 1. The number of imide groups is 1. The summed E-state index contributed by atoms with van der Waals surface area (Å²) in [5, 5.41) is 0. The number of ketones is 1. The summed E-state index contributed by atoms with van der Waals surface area (Å²) in [5.74, 6) is -1.17. The van der Waals surface area contributed by atoms with Crippen molar-refractivity contribution in [2.24, 2.45) is 11.8 Å². The highest BCUT2D eigenvalue weighted by Gasteiger charge is 2.43. The van der Waals surface area contributed by atoms with Gasteiger partial charge in [0, 0.05) is 11.8 Å². The molecule has 0 radical (unpaired) electrons. The molecule has 5 nitrogen and oxygen atoms in total. The second kappa shape index (κ2) is 5.45. The Balaban J connectivity index is 2.20. The average Bonchev–Trinajstić information content (AvgIpc) is 2.65. The molecule has 20 heavy (non-hydrogen) atoms. The van der Waals surface area contributed by atoms with E-state index < -0.39 is 0 Å². The highest BCUT2D eigenvalue weighted by Crippen LogP contribution is 2.26. The molecule has 0 saturated carbocycles. The van der Waals surface area contributed by atoms with Crippen molar-refractivity contribution in [1.29, 1.82) is 0 Å². The highest BCUT2D eigenvalue weighted by atomic mass is 16.5. The molecule has 0 aliphatic carbocycles. The number of amides is 2. The number of benzene rings is 1. The predicted molar refractivity (Wildman–Crippen MR) is 72.4 cm³/mol. The van der Waals surface area contributed by atoms with Gasteiger partial charge in [-0.15, -0.1) is 0 Å². The molecule has 1 fully saturated rings. The topological polar surface area (TPSA) is 63.7 Å². The Labute approximate surface area is 117 Å². The maximum absolute atomic E-state index is 12.3. The number of methoxy groups -OCH3 is 1. The van der Waals surface area contributed by atoms with Crippen LogP contribution in [0.25, 0.3) is 0 Å². The summed E-state index contributed by atoms with van der Waals surface area (Å²) < 4.78 is 5.12. The van der Waals surface area contributed by atoms with E-state index in [0.29, 0.717) is 11.3 Å². The van der Waals surface area contributed by atoms with Gasteiger partial charge in [-0.1, -0.05) is 26.0 Å². The first-order chi connectivity index (χ1) is 9.47. The molecule has 0 spiro atoms. The van der Waals surface area contributed by atoms with E-state index in [-0.39, 0.29) is 36.0 Å². The molecule has 1 saturated heterocycles. The lowest BCUT2D eigenvalue weighted by atomic mass is 10.00. The first-order valence-corrected chi connectivity index (χ1v) is 6.48. The molecular weight excluding hydrogens is 258 g/mol. The fourth-order valence-corrected chi connectivity index (χ4v) is 2.29. The third-order valence-corrected chi connectivity index (χ3v) is 3.77. The van der Waals surface area contributed by atoms with Gasteiger partial charge in [0.1, 0.15) is 5.75 Å². The molecule has 2 unspecified atom stereocenters. The number of likely N-dealkylation sites (tertiary alicyclic amines) is 1. The van der Waals surface area contributed by atoms with Crippen LogP contribution in [0.5, 0.6) is 5.75 Å². The van der Waals surface area contributed by atoms with E-state index in [0.717, 1.165) is 4.90 Å². The highest BCUT2D eigenvalue weighted by molar-refractivity contribution is 6.10. The van der Waals surface area contributed by atoms with E-state index in [1.165, 1.54) is 7.11 Å². The third kappa shape index (κ3) is 2.31. The van der Waals surface area contributed by atoms with Crippen molar-refractivity contribution in [3.05, 3.63) is 29.8 Å². The number of carbonyl (C=O) groups is 3. The van der Waals surface area contributed by atoms with Crippen LogP contribution in [0.3, 0.4) is 0 Å². The molecular formula is C15H17NO4. The molecule has 1 aliphatic rings. The second-order valence-electron chi connectivity index (χ2n) is 4.96. The van der Waals surface area contributed by atoms with Gasteiger partial charge >= 0.3 is 0 Å². The van der Waals surface area contributed by atoms with E-state index >= 15 is 0 Å². The zero-order valence-electron chi connectivity index (χ0n) is 11.8. The van der Waals surface area contributed by atoms with E-state index in [9.17, 15) is 14.4 Å². The predicted octanol–water partition coefficient (Wildman–Crippen LogP) is 1.52. The minimum atomic E-state index is -0.368. The monoisotopic (exact) mass is 275 g/mol. The zero-order chi connectivity index (χ0) is 14.9. The summed E-state index contributed by atoms with van der Waals surface area (Å²) in [6, 6.07) is 6.77. The number of hydrogen-bond donors (Lipinski definition) is 0. The minimum Gasteiger partial charge on any atom is -0.496 e. The van der Waals surface area contributed by atoms with Crippen LogP contribution in [-0.4, -0.2) is 36.2 Å². The normalized spacial score (nSPS) is 22.2. The Bertz CT molecular complexity index is 547. The van der Waals surface area contributed by atoms with E-state index in [1.807, 2.05) is 0 Å². The van der Waals surface area contributed by atoms with Gasteiger partial charge in [-0.25, -0.2) is 0 Å². The Morgan fingerprint density at radius 3 is 2.25 bits per heavy atom. The van der Waals surface area contributed by atoms with Crippen LogP contribution in [0, 0.1) is 11.8 Å². The molecule has 5 heteroatoms. The smallest absolute Gasteiger partial charge is 0.233 e. The number of Topliss-reactive ketones (excluding diaryl/α,β-unsaturated/α-hetero) is 1. The second-order valence-corrected chi connectivity index (χ2v) is 4.96. The Hall–Kier alpha value is -2.17. The van der Waals surface area contributed by atoms with Crippen LogP contribution in [0.1, 0.15) is 24.2 Å². The maximum atomic E-state index is 12.3. The van der Waals surface area contributed by atoms with Crippen LogP contribution in [0.4, 0.5) is 0 Å². The van der Waals surface area contributed by atoms with Crippen molar-refractivity contribution in [2.75, 3.05) is 13.7 Å². The van der Waals surface area contributed by atoms with Gasteiger partial charge < -0.3 is 4.74 Å². The van der Waals surface area contributed by atoms with Crippen LogP contribution < -0.4 is 4.74 Å². The van der Waals surface area contributed by atoms with Gasteiger partial charge in [-0.2, -0.15) is 0 Å². The van der Waals surface area contributed by atoms with Crippen molar-refractivity contribution in [3.63, 3.8) is 0 Å². The molecule has 0 bridgehead atoms. The van der Waals surface area contributed by atoms with Gasteiger partial charge in [0.05, 0.1) is 19.2 Å². The summed E-state index contributed by atoms with van der Waals surface area (Å²) in [6.07, 6.45) is 0. The summed E-state index contributed by atoms with van der Waals surface area (Å²) in [7, 11) is 1.47. The molecule has 0 aromatic heterocycles. The van der Waals surface area contributed by atoms with Crippen LogP contribution in [0.2, 0.25) is 0 Å². The van der Waals surface area contributed by atoms with Crippen molar-refractivity contribution in [2.45, 2.75) is 13.8 Å². The van der Waals surface area contributed by atoms with Crippen LogP contribution in [-0.2, 0) is 9.59 Å². The standard InChI is InChI=1S/C15H17NO4/c1-9-10(2)15(19)16(14(9)18)8-12(17)11-6-4-5-7-13(11)20-3/h4-7,9-10H,8H2,1-3H3.